The smallest absolute Gasteiger partial charge is 0.255 e. The molecule has 1 unspecified atom stereocenters. The number of ether oxygens (including phenoxy) is 1. The molecule has 1 heterocycles. The lowest BCUT2D eigenvalue weighted by atomic mass is 10.0. The normalized spacial score (nSPS) is 12.2. The summed E-state index contributed by atoms with van der Waals surface area (Å²) >= 11 is 0. The van der Waals surface area contributed by atoms with Crippen molar-refractivity contribution in [3.05, 3.63) is 53.3 Å². The van der Waals surface area contributed by atoms with Crippen molar-refractivity contribution in [2.45, 2.75) is 13.0 Å². The van der Waals surface area contributed by atoms with Crippen LogP contribution in [0.15, 0.2) is 36.7 Å². The Morgan fingerprint density at radius 3 is 2.90 bits per heavy atom. The average Bonchev–Trinajstić information content (AvgIpc) is 2.85. The molecule has 0 bridgehead atoms. The van der Waals surface area contributed by atoms with Gasteiger partial charge in [0.1, 0.15) is 0 Å². The highest BCUT2D eigenvalue weighted by Crippen LogP contribution is 2.15. The van der Waals surface area contributed by atoms with E-state index in [1.165, 1.54) is 0 Å². The van der Waals surface area contributed by atoms with E-state index < -0.39 is 0 Å². The van der Waals surface area contributed by atoms with Gasteiger partial charge in [0.2, 0.25) is 0 Å². The van der Waals surface area contributed by atoms with Gasteiger partial charge in [-0.05, 0) is 12.5 Å². The van der Waals surface area contributed by atoms with Gasteiger partial charge in [0.05, 0.1) is 24.4 Å². The number of aromatic nitrogens is 2. The van der Waals surface area contributed by atoms with Crippen LogP contribution in [0.25, 0.3) is 0 Å². The topological polar surface area (TPSA) is 56.1 Å². The van der Waals surface area contributed by atoms with Crippen molar-refractivity contribution >= 4 is 5.91 Å². The summed E-state index contributed by atoms with van der Waals surface area (Å²) in [5.74, 6) is -0.151. The monoisotopic (exact) mass is 273 g/mol. The van der Waals surface area contributed by atoms with Crippen LogP contribution in [-0.2, 0) is 11.8 Å². The number of methoxy groups -OCH3 is 1. The second-order valence-corrected chi connectivity index (χ2v) is 4.80. The van der Waals surface area contributed by atoms with Crippen molar-refractivity contribution in [3.8, 4) is 0 Å². The van der Waals surface area contributed by atoms with Crippen molar-refractivity contribution in [1.29, 1.82) is 0 Å². The van der Waals surface area contributed by atoms with Crippen LogP contribution in [0, 0.1) is 6.92 Å². The predicted octanol–water partition coefficient (Wildman–Crippen LogP) is 1.85. The van der Waals surface area contributed by atoms with Crippen molar-refractivity contribution in [2.24, 2.45) is 7.05 Å². The van der Waals surface area contributed by atoms with E-state index >= 15 is 0 Å². The number of benzene rings is 1. The minimum Gasteiger partial charge on any atom is -0.382 e. The number of hydrogen-bond donors (Lipinski definition) is 1. The summed E-state index contributed by atoms with van der Waals surface area (Å²) in [5, 5.41) is 6.98. The third-order valence-corrected chi connectivity index (χ3v) is 3.05. The molecular weight excluding hydrogens is 254 g/mol. The number of aryl methyl sites for hydroxylation is 2. The fraction of sp³-hybridized carbons (Fsp3) is 0.333. The van der Waals surface area contributed by atoms with Crippen molar-refractivity contribution < 1.29 is 9.53 Å². The van der Waals surface area contributed by atoms with Gasteiger partial charge in [0, 0.05) is 20.4 Å². The number of nitrogens with one attached hydrogen (secondary N) is 1. The Kier molecular flexibility index (Phi) is 4.53. The van der Waals surface area contributed by atoms with Crippen LogP contribution in [0.3, 0.4) is 0 Å². The van der Waals surface area contributed by atoms with Crippen molar-refractivity contribution in [3.63, 3.8) is 0 Å². The fourth-order valence-corrected chi connectivity index (χ4v) is 2.05. The first-order chi connectivity index (χ1) is 9.60. The molecular formula is C15H19N3O2. The number of rotatable bonds is 5. The zero-order chi connectivity index (χ0) is 14.5. The molecule has 0 spiro atoms. The van der Waals surface area contributed by atoms with Crippen LogP contribution in [0.4, 0.5) is 0 Å². The van der Waals surface area contributed by atoms with E-state index in [1.54, 1.807) is 31.2 Å². The third-order valence-electron chi connectivity index (χ3n) is 3.05. The molecule has 0 aliphatic rings. The molecule has 0 aliphatic heterocycles. The molecule has 1 amide bonds. The number of carbonyl (C=O) groups excluding carboxylic acids is 1. The number of amides is 1. The molecule has 1 N–H and O–H groups in total. The van der Waals surface area contributed by atoms with E-state index in [2.05, 4.69) is 10.4 Å². The van der Waals surface area contributed by atoms with Crippen LogP contribution in [-0.4, -0.2) is 29.4 Å². The van der Waals surface area contributed by atoms with E-state index in [1.807, 2.05) is 31.2 Å². The lowest BCUT2D eigenvalue weighted by molar-refractivity contribution is 0.0896. The van der Waals surface area contributed by atoms with Crippen LogP contribution < -0.4 is 5.32 Å². The van der Waals surface area contributed by atoms with Gasteiger partial charge >= 0.3 is 0 Å². The molecule has 5 nitrogen and oxygen atoms in total. The highest BCUT2D eigenvalue weighted by Gasteiger charge is 2.16. The Hall–Kier alpha value is -2.14. The maximum Gasteiger partial charge on any atom is 0.255 e. The highest BCUT2D eigenvalue weighted by atomic mass is 16.5. The Bertz CT molecular complexity index is 592. The second-order valence-electron chi connectivity index (χ2n) is 4.80. The summed E-state index contributed by atoms with van der Waals surface area (Å²) in [5.41, 5.74) is 2.73. The van der Waals surface area contributed by atoms with Crippen molar-refractivity contribution in [1.82, 2.24) is 15.1 Å². The molecule has 106 valence electrons. The number of carbonyl (C=O) groups is 1. The average molecular weight is 273 g/mol. The highest BCUT2D eigenvalue weighted by molar-refractivity contribution is 5.93. The molecule has 0 saturated heterocycles. The van der Waals surface area contributed by atoms with Gasteiger partial charge in [-0.25, -0.2) is 0 Å². The second kappa shape index (κ2) is 6.34. The van der Waals surface area contributed by atoms with Gasteiger partial charge in [0.25, 0.3) is 5.91 Å². The van der Waals surface area contributed by atoms with Crippen molar-refractivity contribution in [2.75, 3.05) is 13.7 Å². The Labute approximate surface area is 118 Å². The third kappa shape index (κ3) is 3.45. The lowest BCUT2D eigenvalue weighted by Crippen LogP contribution is -2.31. The lowest BCUT2D eigenvalue weighted by Gasteiger charge is -2.18. The minimum absolute atomic E-state index is 0.151. The first-order valence-corrected chi connectivity index (χ1v) is 6.45. The van der Waals surface area contributed by atoms with E-state index in [9.17, 15) is 4.79 Å². The number of nitrogens with zero attached hydrogens (tertiary/aromatic N) is 2. The van der Waals surface area contributed by atoms with Gasteiger partial charge in [-0.2, -0.15) is 5.10 Å². The first kappa shape index (κ1) is 14.3. The Morgan fingerprint density at radius 1 is 1.50 bits per heavy atom. The SMILES string of the molecule is COCC(NC(=O)c1cnn(C)c1)c1cccc(C)c1. The maximum absolute atomic E-state index is 12.2. The summed E-state index contributed by atoms with van der Waals surface area (Å²) in [7, 11) is 3.41. The molecule has 20 heavy (non-hydrogen) atoms. The summed E-state index contributed by atoms with van der Waals surface area (Å²) in [6.07, 6.45) is 3.24. The molecule has 0 fully saturated rings. The van der Waals surface area contributed by atoms with E-state index in [0.29, 0.717) is 12.2 Å². The van der Waals surface area contributed by atoms with Gasteiger partial charge in [-0.3, -0.25) is 9.48 Å². The fourth-order valence-electron chi connectivity index (χ4n) is 2.05. The molecule has 2 rings (SSSR count). The van der Waals surface area contributed by atoms with Crippen LogP contribution in [0.2, 0.25) is 0 Å². The van der Waals surface area contributed by atoms with E-state index in [0.717, 1.165) is 11.1 Å². The summed E-state index contributed by atoms with van der Waals surface area (Å²) in [6.45, 7) is 2.45. The van der Waals surface area contributed by atoms with Gasteiger partial charge in [-0.15, -0.1) is 0 Å². The zero-order valence-electron chi connectivity index (χ0n) is 12.0. The van der Waals surface area contributed by atoms with Gasteiger partial charge in [0.15, 0.2) is 0 Å². The standard InChI is InChI=1S/C15H19N3O2/c1-11-5-4-6-12(7-11)14(10-20-3)17-15(19)13-8-16-18(2)9-13/h4-9,14H,10H2,1-3H3,(H,17,19). The predicted molar refractivity (Wildman–Crippen MR) is 76.5 cm³/mol. The first-order valence-electron chi connectivity index (χ1n) is 6.45. The van der Waals surface area contributed by atoms with Crippen LogP contribution in [0.1, 0.15) is 27.5 Å². The largest absolute Gasteiger partial charge is 0.382 e. The van der Waals surface area contributed by atoms with E-state index in [4.69, 9.17) is 4.74 Å². The molecule has 5 heteroatoms. The molecule has 1 aromatic heterocycles. The van der Waals surface area contributed by atoms with E-state index in [-0.39, 0.29) is 11.9 Å². The Morgan fingerprint density at radius 2 is 2.30 bits per heavy atom. The molecule has 0 aliphatic carbocycles. The van der Waals surface area contributed by atoms with Gasteiger partial charge in [-0.1, -0.05) is 29.8 Å². The summed E-state index contributed by atoms with van der Waals surface area (Å²) in [4.78, 5) is 12.2. The molecule has 0 saturated carbocycles. The molecule has 1 aromatic carbocycles. The molecule has 0 radical (unpaired) electrons. The minimum atomic E-state index is -0.174. The molecule has 1 atom stereocenters. The quantitative estimate of drug-likeness (QED) is 0.904. The van der Waals surface area contributed by atoms with Gasteiger partial charge < -0.3 is 10.1 Å². The zero-order valence-corrected chi connectivity index (χ0v) is 12.0. The number of hydrogen-bond acceptors (Lipinski definition) is 3. The van der Waals surface area contributed by atoms with Crippen LogP contribution in [0.5, 0.6) is 0 Å². The molecule has 2 aromatic rings. The maximum atomic E-state index is 12.2. The van der Waals surface area contributed by atoms with Crippen LogP contribution >= 0.6 is 0 Å². The summed E-state index contributed by atoms with van der Waals surface area (Å²) < 4.78 is 6.81. The Balaban J connectivity index is 2.15. The summed E-state index contributed by atoms with van der Waals surface area (Å²) in [6, 6.07) is 7.86.